The van der Waals surface area contributed by atoms with Gasteiger partial charge in [0.1, 0.15) is 0 Å². The second kappa shape index (κ2) is 5.73. The van der Waals surface area contributed by atoms with Crippen LogP contribution in [0.1, 0.15) is 15.7 Å². The van der Waals surface area contributed by atoms with Crippen molar-refractivity contribution < 1.29 is 0 Å². The Hall–Kier alpha value is -1.72. The molecule has 0 fully saturated rings. The molecule has 3 rings (SSSR count). The van der Waals surface area contributed by atoms with Crippen molar-refractivity contribution in [2.24, 2.45) is 0 Å². The SMILES string of the molecule is Cc1nc(CNc2ccc(-c3csc(C)n3)cc2)cs1. The molecule has 3 nitrogen and oxygen atoms in total. The molecular weight excluding hydrogens is 286 g/mol. The van der Waals surface area contributed by atoms with Crippen molar-refractivity contribution in [3.05, 3.63) is 50.7 Å². The summed E-state index contributed by atoms with van der Waals surface area (Å²) in [5.74, 6) is 0. The molecular formula is C15H15N3S2. The third-order valence-electron chi connectivity index (χ3n) is 2.94. The number of hydrogen-bond acceptors (Lipinski definition) is 5. The van der Waals surface area contributed by atoms with E-state index in [0.717, 1.165) is 39.2 Å². The van der Waals surface area contributed by atoms with Crippen LogP contribution in [0, 0.1) is 13.8 Å². The largest absolute Gasteiger partial charge is 0.379 e. The lowest BCUT2D eigenvalue weighted by Crippen LogP contribution is -1.99. The zero-order chi connectivity index (χ0) is 13.9. The molecule has 0 amide bonds. The molecule has 1 N–H and O–H groups in total. The van der Waals surface area contributed by atoms with Gasteiger partial charge in [0, 0.05) is 22.0 Å². The highest BCUT2D eigenvalue weighted by Crippen LogP contribution is 2.23. The van der Waals surface area contributed by atoms with Gasteiger partial charge in [0.25, 0.3) is 0 Å². The molecule has 20 heavy (non-hydrogen) atoms. The first-order valence-electron chi connectivity index (χ1n) is 6.38. The third kappa shape index (κ3) is 3.05. The molecule has 0 aliphatic carbocycles. The van der Waals surface area contributed by atoms with Gasteiger partial charge in [-0.15, -0.1) is 22.7 Å². The van der Waals surface area contributed by atoms with Crippen molar-refractivity contribution in [3.8, 4) is 11.3 Å². The van der Waals surface area contributed by atoms with Crippen LogP contribution in [0.4, 0.5) is 5.69 Å². The number of aromatic nitrogens is 2. The van der Waals surface area contributed by atoms with E-state index in [1.165, 1.54) is 0 Å². The summed E-state index contributed by atoms with van der Waals surface area (Å²) >= 11 is 3.36. The van der Waals surface area contributed by atoms with Gasteiger partial charge in [-0.3, -0.25) is 0 Å². The summed E-state index contributed by atoms with van der Waals surface area (Å²) in [4.78, 5) is 8.94. The van der Waals surface area contributed by atoms with E-state index in [1.54, 1.807) is 22.7 Å². The van der Waals surface area contributed by atoms with Gasteiger partial charge in [-0.1, -0.05) is 12.1 Å². The lowest BCUT2D eigenvalue weighted by atomic mass is 10.1. The van der Waals surface area contributed by atoms with Gasteiger partial charge in [-0.05, 0) is 26.0 Å². The zero-order valence-electron chi connectivity index (χ0n) is 11.4. The van der Waals surface area contributed by atoms with Gasteiger partial charge in [-0.25, -0.2) is 9.97 Å². The van der Waals surface area contributed by atoms with Gasteiger partial charge < -0.3 is 5.32 Å². The maximum absolute atomic E-state index is 4.50. The van der Waals surface area contributed by atoms with E-state index >= 15 is 0 Å². The molecule has 0 saturated carbocycles. The van der Waals surface area contributed by atoms with Gasteiger partial charge in [0.2, 0.25) is 0 Å². The normalized spacial score (nSPS) is 10.7. The molecule has 0 atom stereocenters. The predicted octanol–water partition coefficient (Wildman–Crippen LogP) is 4.50. The molecule has 0 radical (unpaired) electrons. The Bertz CT molecular complexity index is 698. The minimum Gasteiger partial charge on any atom is -0.379 e. The van der Waals surface area contributed by atoms with E-state index in [4.69, 9.17) is 0 Å². The number of thiazole rings is 2. The molecule has 0 aliphatic rings. The Morgan fingerprint density at radius 1 is 0.950 bits per heavy atom. The van der Waals surface area contributed by atoms with Gasteiger partial charge in [-0.2, -0.15) is 0 Å². The monoisotopic (exact) mass is 301 g/mol. The number of aryl methyl sites for hydroxylation is 2. The van der Waals surface area contributed by atoms with Crippen molar-refractivity contribution in [1.29, 1.82) is 0 Å². The maximum Gasteiger partial charge on any atom is 0.0901 e. The summed E-state index contributed by atoms with van der Waals surface area (Å²) in [5, 5.41) is 9.78. The van der Waals surface area contributed by atoms with Gasteiger partial charge in [0.15, 0.2) is 0 Å². The second-order valence-electron chi connectivity index (χ2n) is 4.54. The number of nitrogens with one attached hydrogen (secondary N) is 1. The highest BCUT2D eigenvalue weighted by molar-refractivity contribution is 7.10. The summed E-state index contributed by atoms with van der Waals surface area (Å²) < 4.78 is 0. The first-order chi connectivity index (χ1) is 9.70. The van der Waals surface area contributed by atoms with Crippen LogP contribution in [-0.2, 0) is 6.54 Å². The quantitative estimate of drug-likeness (QED) is 0.771. The van der Waals surface area contributed by atoms with Crippen molar-refractivity contribution in [2.75, 3.05) is 5.32 Å². The molecule has 0 bridgehead atoms. The van der Waals surface area contributed by atoms with E-state index in [9.17, 15) is 0 Å². The molecule has 2 aromatic heterocycles. The fraction of sp³-hybridized carbons (Fsp3) is 0.200. The first-order valence-corrected chi connectivity index (χ1v) is 8.14. The van der Waals surface area contributed by atoms with Crippen molar-refractivity contribution in [3.63, 3.8) is 0 Å². The van der Waals surface area contributed by atoms with Crippen LogP contribution in [0.25, 0.3) is 11.3 Å². The van der Waals surface area contributed by atoms with Crippen LogP contribution in [0.2, 0.25) is 0 Å². The second-order valence-corrected chi connectivity index (χ2v) is 6.66. The Kier molecular flexibility index (Phi) is 3.80. The van der Waals surface area contributed by atoms with E-state index in [-0.39, 0.29) is 0 Å². The molecule has 2 heterocycles. The van der Waals surface area contributed by atoms with E-state index in [1.807, 2.05) is 13.8 Å². The summed E-state index contributed by atoms with van der Waals surface area (Å²) in [7, 11) is 0. The highest BCUT2D eigenvalue weighted by atomic mass is 32.1. The van der Waals surface area contributed by atoms with Crippen LogP contribution in [-0.4, -0.2) is 9.97 Å². The van der Waals surface area contributed by atoms with E-state index in [0.29, 0.717) is 0 Å². The Balaban J connectivity index is 1.67. The van der Waals surface area contributed by atoms with Crippen molar-refractivity contribution in [2.45, 2.75) is 20.4 Å². The summed E-state index contributed by atoms with van der Waals surface area (Å²) in [5.41, 5.74) is 4.40. The number of benzene rings is 1. The lowest BCUT2D eigenvalue weighted by Gasteiger charge is -2.05. The Labute approximate surface area is 126 Å². The average Bonchev–Trinajstić information content (AvgIpc) is 3.06. The molecule has 5 heteroatoms. The van der Waals surface area contributed by atoms with Gasteiger partial charge >= 0.3 is 0 Å². The molecule has 0 spiro atoms. The maximum atomic E-state index is 4.50. The Morgan fingerprint density at radius 2 is 1.65 bits per heavy atom. The molecule has 102 valence electrons. The number of nitrogens with zero attached hydrogens (tertiary/aromatic N) is 2. The topological polar surface area (TPSA) is 37.8 Å². The van der Waals surface area contributed by atoms with Crippen LogP contribution in [0.3, 0.4) is 0 Å². The molecule has 1 aromatic carbocycles. The van der Waals surface area contributed by atoms with Crippen LogP contribution >= 0.6 is 22.7 Å². The Morgan fingerprint density at radius 3 is 2.25 bits per heavy atom. The standard InChI is InChI=1S/C15H15N3S2/c1-10-17-14(8-19-10)7-16-13-5-3-12(4-6-13)15-9-20-11(2)18-15/h3-6,8-9,16H,7H2,1-2H3. The molecule has 3 aromatic rings. The number of hydrogen-bond donors (Lipinski definition) is 1. The van der Waals surface area contributed by atoms with Crippen LogP contribution in [0.5, 0.6) is 0 Å². The average molecular weight is 301 g/mol. The predicted molar refractivity (Wildman–Crippen MR) is 86.5 cm³/mol. The summed E-state index contributed by atoms with van der Waals surface area (Å²) in [6, 6.07) is 8.37. The minimum absolute atomic E-state index is 0.763. The first kappa shape index (κ1) is 13.3. The molecule has 0 unspecified atom stereocenters. The van der Waals surface area contributed by atoms with Crippen LogP contribution in [0.15, 0.2) is 35.0 Å². The number of rotatable bonds is 4. The van der Waals surface area contributed by atoms with Crippen molar-refractivity contribution >= 4 is 28.4 Å². The van der Waals surface area contributed by atoms with E-state index in [2.05, 4.69) is 50.3 Å². The fourth-order valence-corrected chi connectivity index (χ4v) is 3.17. The molecule has 0 aliphatic heterocycles. The summed E-state index contributed by atoms with van der Waals surface area (Å²) in [6.07, 6.45) is 0. The summed E-state index contributed by atoms with van der Waals surface area (Å²) in [6.45, 7) is 4.82. The number of anilines is 1. The zero-order valence-corrected chi connectivity index (χ0v) is 13.0. The van der Waals surface area contributed by atoms with Crippen LogP contribution < -0.4 is 5.32 Å². The highest BCUT2D eigenvalue weighted by Gasteiger charge is 2.02. The smallest absolute Gasteiger partial charge is 0.0901 e. The third-order valence-corrected chi connectivity index (χ3v) is 4.54. The van der Waals surface area contributed by atoms with Crippen molar-refractivity contribution in [1.82, 2.24) is 9.97 Å². The van der Waals surface area contributed by atoms with E-state index < -0.39 is 0 Å². The lowest BCUT2D eigenvalue weighted by molar-refractivity contribution is 1.05. The molecule has 0 saturated heterocycles. The fourth-order valence-electron chi connectivity index (χ4n) is 1.94. The van der Waals surface area contributed by atoms with Gasteiger partial charge in [0.05, 0.1) is 27.9 Å². The minimum atomic E-state index is 0.763.